The zero-order chi connectivity index (χ0) is 12.3. The summed E-state index contributed by atoms with van der Waals surface area (Å²) in [4.78, 5) is 0. The van der Waals surface area contributed by atoms with E-state index in [0.29, 0.717) is 23.0 Å². The highest BCUT2D eigenvalue weighted by Gasteiger charge is 2.22. The van der Waals surface area contributed by atoms with E-state index in [4.69, 9.17) is 11.6 Å². The zero-order valence-corrected chi connectivity index (χ0v) is 10.9. The number of halogens is 2. The Bertz CT molecular complexity index is 356. The van der Waals surface area contributed by atoms with Gasteiger partial charge < -0.3 is 5.32 Å². The lowest BCUT2D eigenvalue weighted by atomic mass is 9.80. The van der Waals surface area contributed by atoms with Gasteiger partial charge in [-0.2, -0.15) is 0 Å². The number of hydrogen-bond acceptors (Lipinski definition) is 1. The van der Waals surface area contributed by atoms with Gasteiger partial charge in [-0.15, -0.1) is 0 Å². The van der Waals surface area contributed by atoms with Crippen molar-refractivity contribution in [1.29, 1.82) is 0 Å². The van der Waals surface area contributed by atoms with Gasteiger partial charge in [0.1, 0.15) is 5.82 Å². The quantitative estimate of drug-likeness (QED) is 0.844. The van der Waals surface area contributed by atoms with E-state index in [1.165, 1.54) is 25.3 Å². The van der Waals surface area contributed by atoms with Gasteiger partial charge in [0, 0.05) is 16.6 Å². The lowest BCUT2D eigenvalue weighted by Crippen LogP contribution is -2.32. The van der Waals surface area contributed by atoms with Crippen molar-refractivity contribution < 1.29 is 4.39 Å². The minimum Gasteiger partial charge on any atom is -0.317 e. The zero-order valence-electron chi connectivity index (χ0n) is 10.2. The number of nitrogens with one attached hydrogen (secondary N) is 1. The largest absolute Gasteiger partial charge is 0.317 e. The van der Waals surface area contributed by atoms with Crippen LogP contribution in [0.3, 0.4) is 0 Å². The summed E-state index contributed by atoms with van der Waals surface area (Å²) in [5, 5.41) is 3.82. The summed E-state index contributed by atoms with van der Waals surface area (Å²) < 4.78 is 13.7. The molecule has 0 heterocycles. The first kappa shape index (κ1) is 12.8. The third-order valence-corrected chi connectivity index (χ3v) is 4.12. The van der Waals surface area contributed by atoms with Gasteiger partial charge in [-0.3, -0.25) is 0 Å². The van der Waals surface area contributed by atoms with Crippen LogP contribution in [0, 0.1) is 11.7 Å². The fourth-order valence-corrected chi connectivity index (χ4v) is 2.65. The highest BCUT2D eigenvalue weighted by Crippen LogP contribution is 2.31. The molecule has 0 radical (unpaired) electrons. The summed E-state index contributed by atoms with van der Waals surface area (Å²) in [6, 6.07) is 5.23. The molecule has 1 aromatic carbocycles. The maximum Gasteiger partial charge on any atom is 0.127 e. The first-order chi connectivity index (χ1) is 8.20. The van der Waals surface area contributed by atoms with Gasteiger partial charge in [0.25, 0.3) is 0 Å². The van der Waals surface area contributed by atoms with Crippen molar-refractivity contribution in [3.63, 3.8) is 0 Å². The fraction of sp³-hybridized carbons (Fsp3) is 0.571. The van der Waals surface area contributed by atoms with Crippen LogP contribution in [0.15, 0.2) is 18.2 Å². The van der Waals surface area contributed by atoms with Crippen molar-refractivity contribution in [3.05, 3.63) is 34.6 Å². The molecule has 17 heavy (non-hydrogen) atoms. The van der Waals surface area contributed by atoms with Crippen LogP contribution < -0.4 is 5.32 Å². The molecule has 0 bridgehead atoms. The number of rotatable bonds is 5. The van der Waals surface area contributed by atoms with Crippen LogP contribution in [0.5, 0.6) is 0 Å². The molecular formula is C14H19ClFN. The second-order valence-corrected chi connectivity index (χ2v) is 5.33. The Balaban J connectivity index is 2.01. The van der Waals surface area contributed by atoms with Crippen molar-refractivity contribution in [2.24, 2.45) is 5.92 Å². The van der Waals surface area contributed by atoms with Crippen molar-refractivity contribution in [1.82, 2.24) is 5.32 Å². The summed E-state index contributed by atoms with van der Waals surface area (Å²) in [6.45, 7) is 0. The molecule has 1 aromatic rings. The molecule has 1 N–H and O–H groups in total. The van der Waals surface area contributed by atoms with E-state index in [0.717, 1.165) is 12.3 Å². The molecule has 1 aliphatic carbocycles. The average molecular weight is 256 g/mol. The first-order valence-corrected chi connectivity index (χ1v) is 6.68. The average Bonchev–Trinajstić information content (AvgIpc) is 2.25. The van der Waals surface area contributed by atoms with E-state index < -0.39 is 0 Å². The molecule has 1 atom stereocenters. The second kappa shape index (κ2) is 5.83. The third-order valence-electron chi connectivity index (χ3n) is 3.76. The van der Waals surface area contributed by atoms with Crippen LogP contribution in [0.2, 0.25) is 5.02 Å². The van der Waals surface area contributed by atoms with E-state index in [1.54, 1.807) is 12.1 Å². The minimum absolute atomic E-state index is 0.189. The standard InChI is InChI=1S/C14H19ClFN/c1-17-11(8-10-4-2-5-10)9-12-13(15)6-3-7-14(12)16/h3,6-7,10-11,17H,2,4-5,8-9H2,1H3. The molecule has 94 valence electrons. The molecule has 1 nitrogen and oxygen atoms in total. The number of likely N-dealkylation sites (N-methyl/N-ethyl adjacent to an activating group) is 1. The molecule has 2 rings (SSSR count). The molecule has 0 aliphatic heterocycles. The Morgan fingerprint density at radius 1 is 1.47 bits per heavy atom. The molecule has 1 unspecified atom stereocenters. The van der Waals surface area contributed by atoms with Crippen LogP contribution in [0.1, 0.15) is 31.2 Å². The maximum atomic E-state index is 13.7. The van der Waals surface area contributed by atoms with Crippen LogP contribution in [0.4, 0.5) is 4.39 Å². The summed E-state index contributed by atoms with van der Waals surface area (Å²) in [7, 11) is 1.94. The topological polar surface area (TPSA) is 12.0 Å². The Hall–Kier alpha value is -0.600. The predicted molar refractivity (Wildman–Crippen MR) is 69.9 cm³/mol. The van der Waals surface area contributed by atoms with Gasteiger partial charge in [-0.05, 0) is 37.9 Å². The molecule has 1 fully saturated rings. The van der Waals surface area contributed by atoms with E-state index in [2.05, 4.69) is 5.32 Å². The van der Waals surface area contributed by atoms with Gasteiger partial charge in [-0.25, -0.2) is 4.39 Å². The SMILES string of the molecule is CNC(Cc1c(F)cccc1Cl)CC1CCC1. The Morgan fingerprint density at radius 2 is 2.24 bits per heavy atom. The molecule has 1 aliphatic rings. The molecule has 0 spiro atoms. The minimum atomic E-state index is -0.189. The molecule has 0 aromatic heterocycles. The van der Waals surface area contributed by atoms with Crippen molar-refractivity contribution in [2.45, 2.75) is 38.1 Å². The Kier molecular flexibility index (Phi) is 4.41. The predicted octanol–water partition coefficient (Wildman–Crippen LogP) is 3.80. The van der Waals surface area contributed by atoms with Crippen LogP contribution in [0.25, 0.3) is 0 Å². The highest BCUT2D eigenvalue weighted by atomic mass is 35.5. The second-order valence-electron chi connectivity index (χ2n) is 4.92. The molecule has 1 saturated carbocycles. The van der Waals surface area contributed by atoms with Crippen LogP contribution >= 0.6 is 11.6 Å². The number of benzene rings is 1. The summed E-state index contributed by atoms with van der Waals surface area (Å²) in [5.41, 5.74) is 0.646. The normalized spacial score (nSPS) is 17.8. The maximum absolute atomic E-state index is 13.7. The lowest BCUT2D eigenvalue weighted by molar-refractivity contribution is 0.263. The van der Waals surface area contributed by atoms with Crippen molar-refractivity contribution in [2.75, 3.05) is 7.05 Å². The smallest absolute Gasteiger partial charge is 0.127 e. The third kappa shape index (κ3) is 3.20. The van der Waals surface area contributed by atoms with Crippen molar-refractivity contribution in [3.8, 4) is 0 Å². The van der Waals surface area contributed by atoms with Crippen LogP contribution in [-0.2, 0) is 6.42 Å². The fourth-order valence-electron chi connectivity index (χ4n) is 2.41. The summed E-state index contributed by atoms with van der Waals surface area (Å²) in [6.07, 6.45) is 5.80. The van der Waals surface area contributed by atoms with Gasteiger partial charge in [0.2, 0.25) is 0 Å². The summed E-state index contributed by atoms with van der Waals surface area (Å²) in [5.74, 6) is 0.629. The van der Waals surface area contributed by atoms with Gasteiger partial charge in [-0.1, -0.05) is 36.9 Å². The van der Waals surface area contributed by atoms with Crippen LogP contribution in [-0.4, -0.2) is 13.1 Å². The molecule has 3 heteroatoms. The molecule has 0 amide bonds. The van der Waals surface area contributed by atoms with Gasteiger partial charge in [0.15, 0.2) is 0 Å². The van der Waals surface area contributed by atoms with E-state index >= 15 is 0 Å². The number of hydrogen-bond donors (Lipinski definition) is 1. The van der Waals surface area contributed by atoms with E-state index in [1.807, 2.05) is 7.05 Å². The summed E-state index contributed by atoms with van der Waals surface area (Å²) >= 11 is 6.05. The van der Waals surface area contributed by atoms with Crippen molar-refractivity contribution >= 4 is 11.6 Å². The Morgan fingerprint density at radius 3 is 2.76 bits per heavy atom. The Labute approximate surface area is 107 Å². The van der Waals surface area contributed by atoms with Gasteiger partial charge in [0.05, 0.1) is 0 Å². The molecule has 0 saturated heterocycles. The first-order valence-electron chi connectivity index (χ1n) is 6.31. The van der Waals surface area contributed by atoms with E-state index in [-0.39, 0.29) is 5.82 Å². The van der Waals surface area contributed by atoms with Gasteiger partial charge >= 0.3 is 0 Å². The lowest BCUT2D eigenvalue weighted by Gasteiger charge is -2.29. The molecular weight excluding hydrogens is 237 g/mol. The monoisotopic (exact) mass is 255 g/mol. The van der Waals surface area contributed by atoms with E-state index in [9.17, 15) is 4.39 Å². The highest BCUT2D eigenvalue weighted by molar-refractivity contribution is 6.31.